The third-order valence-electron chi connectivity index (χ3n) is 3.48. The predicted molar refractivity (Wildman–Crippen MR) is 76.6 cm³/mol. The van der Waals surface area contributed by atoms with E-state index >= 15 is 0 Å². The highest BCUT2D eigenvalue weighted by atomic mass is 79.9. The second-order valence-electron chi connectivity index (χ2n) is 4.94. The van der Waals surface area contributed by atoms with Crippen molar-refractivity contribution in [2.45, 2.75) is 31.7 Å². The molecule has 2 heterocycles. The minimum atomic E-state index is -0.372. The van der Waals surface area contributed by atoms with Gasteiger partial charge in [0.15, 0.2) is 5.82 Å². The molecule has 0 radical (unpaired) electrons. The van der Waals surface area contributed by atoms with E-state index in [2.05, 4.69) is 31.4 Å². The highest BCUT2D eigenvalue weighted by Crippen LogP contribution is 2.27. The summed E-state index contributed by atoms with van der Waals surface area (Å²) >= 11 is 3.23. The van der Waals surface area contributed by atoms with Crippen LogP contribution in [0.3, 0.4) is 0 Å². The SMILES string of the molecule is Fc1cc(Br)ccc1-c1nc(C2CCCCCN2)no1. The van der Waals surface area contributed by atoms with E-state index in [9.17, 15) is 4.39 Å². The molecule has 0 bridgehead atoms. The van der Waals surface area contributed by atoms with E-state index in [1.165, 1.54) is 18.9 Å². The molecule has 3 rings (SSSR count). The van der Waals surface area contributed by atoms with Crippen LogP contribution in [0.4, 0.5) is 4.39 Å². The van der Waals surface area contributed by atoms with E-state index in [1.54, 1.807) is 12.1 Å². The van der Waals surface area contributed by atoms with Crippen LogP contribution in [0.1, 0.15) is 37.5 Å². The van der Waals surface area contributed by atoms with Crippen LogP contribution in [-0.2, 0) is 0 Å². The number of nitrogens with one attached hydrogen (secondary N) is 1. The van der Waals surface area contributed by atoms with Gasteiger partial charge in [0.2, 0.25) is 0 Å². The number of rotatable bonds is 2. The lowest BCUT2D eigenvalue weighted by atomic mass is 10.1. The van der Waals surface area contributed by atoms with Crippen molar-refractivity contribution in [2.24, 2.45) is 0 Å². The fourth-order valence-electron chi connectivity index (χ4n) is 2.40. The van der Waals surface area contributed by atoms with Crippen molar-refractivity contribution >= 4 is 15.9 Å². The normalized spacial score (nSPS) is 19.8. The van der Waals surface area contributed by atoms with Crippen molar-refractivity contribution in [3.8, 4) is 11.5 Å². The number of halogens is 2. The van der Waals surface area contributed by atoms with Gasteiger partial charge < -0.3 is 9.84 Å². The molecule has 0 aliphatic carbocycles. The number of hydrogen-bond donors (Lipinski definition) is 1. The lowest BCUT2D eigenvalue weighted by Crippen LogP contribution is -2.21. The molecule has 1 aliphatic rings. The fraction of sp³-hybridized carbons (Fsp3) is 0.429. The molecular formula is C14H15BrFN3O. The molecule has 1 N–H and O–H groups in total. The summed E-state index contributed by atoms with van der Waals surface area (Å²) < 4.78 is 19.8. The van der Waals surface area contributed by atoms with Gasteiger partial charge in [-0.1, -0.05) is 33.9 Å². The van der Waals surface area contributed by atoms with E-state index < -0.39 is 0 Å². The van der Waals surface area contributed by atoms with E-state index in [4.69, 9.17) is 4.52 Å². The van der Waals surface area contributed by atoms with Crippen molar-refractivity contribution in [3.63, 3.8) is 0 Å². The van der Waals surface area contributed by atoms with Crippen LogP contribution in [0.2, 0.25) is 0 Å². The van der Waals surface area contributed by atoms with Gasteiger partial charge in [-0.05, 0) is 37.6 Å². The molecule has 106 valence electrons. The molecule has 1 aromatic heterocycles. The van der Waals surface area contributed by atoms with Gasteiger partial charge in [0.1, 0.15) is 5.82 Å². The zero-order valence-corrected chi connectivity index (χ0v) is 12.5. The summed E-state index contributed by atoms with van der Waals surface area (Å²) in [6.45, 7) is 0.960. The third kappa shape index (κ3) is 2.91. The van der Waals surface area contributed by atoms with Gasteiger partial charge >= 0.3 is 0 Å². The van der Waals surface area contributed by atoms with Crippen molar-refractivity contribution in [1.82, 2.24) is 15.5 Å². The quantitative estimate of drug-likeness (QED) is 0.902. The van der Waals surface area contributed by atoms with Gasteiger partial charge in [-0.15, -0.1) is 0 Å². The number of hydrogen-bond acceptors (Lipinski definition) is 4. The molecule has 2 aromatic rings. The first-order valence-corrected chi connectivity index (χ1v) is 7.56. The van der Waals surface area contributed by atoms with Gasteiger partial charge in [-0.3, -0.25) is 0 Å². The highest BCUT2D eigenvalue weighted by molar-refractivity contribution is 9.10. The third-order valence-corrected chi connectivity index (χ3v) is 3.97. The van der Waals surface area contributed by atoms with Crippen LogP contribution >= 0.6 is 15.9 Å². The zero-order valence-electron chi connectivity index (χ0n) is 10.9. The largest absolute Gasteiger partial charge is 0.334 e. The average molecular weight is 340 g/mol. The Kier molecular flexibility index (Phi) is 4.12. The Hall–Kier alpha value is -1.27. The van der Waals surface area contributed by atoms with Crippen LogP contribution in [0.25, 0.3) is 11.5 Å². The summed E-state index contributed by atoms with van der Waals surface area (Å²) in [6.07, 6.45) is 4.52. The maximum Gasteiger partial charge on any atom is 0.260 e. The van der Waals surface area contributed by atoms with Gasteiger partial charge in [0, 0.05) is 4.47 Å². The molecule has 0 spiro atoms. The monoisotopic (exact) mass is 339 g/mol. The summed E-state index contributed by atoms with van der Waals surface area (Å²) in [4.78, 5) is 4.34. The molecule has 1 aliphatic heterocycles. The van der Waals surface area contributed by atoms with Gasteiger partial charge in [0.25, 0.3) is 5.89 Å². The highest BCUT2D eigenvalue weighted by Gasteiger charge is 2.21. The van der Waals surface area contributed by atoms with Crippen molar-refractivity contribution in [1.29, 1.82) is 0 Å². The maximum atomic E-state index is 13.9. The molecule has 1 aromatic carbocycles. The van der Waals surface area contributed by atoms with E-state index in [0.29, 0.717) is 15.9 Å². The van der Waals surface area contributed by atoms with Crippen molar-refractivity contribution in [3.05, 3.63) is 34.3 Å². The standard InChI is InChI=1S/C14H15BrFN3O/c15-9-5-6-10(11(16)8-9)14-18-13(19-20-14)12-4-2-1-3-7-17-12/h5-6,8,12,17H,1-4,7H2. The number of aromatic nitrogens is 2. The molecule has 6 heteroatoms. The molecule has 1 fully saturated rings. The Morgan fingerprint density at radius 3 is 3.05 bits per heavy atom. The first-order valence-electron chi connectivity index (χ1n) is 6.76. The van der Waals surface area contributed by atoms with Crippen molar-refractivity contribution in [2.75, 3.05) is 6.54 Å². The minimum Gasteiger partial charge on any atom is -0.334 e. The Morgan fingerprint density at radius 2 is 2.20 bits per heavy atom. The molecule has 4 nitrogen and oxygen atoms in total. The second-order valence-corrected chi connectivity index (χ2v) is 5.85. The molecule has 1 unspecified atom stereocenters. The molecule has 20 heavy (non-hydrogen) atoms. The summed E-state index contributed by atoms with van der Waals surface area (Å²) in [5.41, 5.74) is 0.334. The first kappa shape index (κ1) is 13.7. The number of benzene rings is 1. The topological polar surface area (TPSA) is 51.0 Å². The average Bonchev–Trinajstić information content (AvgIpc) is 2.74. The van der Waals surface area contributed by atoms with E-state index in [-0.39, 0.29) is 17.7 Å². The Bertz CT molecular complexity index is 594. The fourth-order valence-corrected chi connectivity index (χ4v) is 2.73. The van der Waals surface area contributed by atoms with Crippen LogP contribution < -0.4 is 5.32 Å². The maximum absolute atomic E-state index is 13.9. The van der Waals surface area contributed by atoms with Crippen LogP contribution in [0.5, 0.6) is 0 Å². The Balaban J connectivity index is 1.85. The number of nitrogens with zero attached hydrogens (tertiary/aromatic N) is 2. The minimum absolute atomic E-state index is 0.105. The zero-order chi connectivity index (χ0) is 13.9. The van der Waals surface area contributed by atoms with Crippen molar-refractivity contribution < 1.29 is 8.91 Å². The lowest BCUT2D eigenvalue weighted by molar-refractivity contribution is 0.401. The van der Waals surface area contributed by atoms with E-state index in [0.717, 1.165) is 19.4 Å². The summed E-state index contributed by atoms with van der Waals surface area (Å²) in [6, 6.07) is 4.89. The molecule has 1 atom stereocenters. The summed E-state index contributed by atoms with van der Waals surface area (Å²) in [5, 5.41) is 7.39. The summed E-state index contributed by atoms with van der Waals surface area (Å²) in [5.74, 6) is 0.476. The van der Waals surface area contributed by atoms with E-state index in [1.807, 2.05) is 0 Å². The first-order chi connectivity index (χ1) is 9.74. The Labute approximate surface area is 124 Å². The lowest BCUT2D eigenvalue weighted by Gasteiger charge is -2.09. The predicted octanol–water partition coefficient (Wildman–Crippen LogP) is 3.84. The van der Waals surface area contributed by atoms with Gasteiger partial charge in [0.05, 0.1) is 11.6 Å². The van der Waals surface area contributed by atoms with Crippen LogP contribution in [0, 0.1) is 5.82 Å². The smallest absolute Gasteiger partial charge is 0.260 e. The molecule has 0 amide bonds. The van der Waals surface area contributed by atoms with Gasteiger partial charge in [-0.25, -0.2) is 4.39 Å². The van der Waals surface area contributed by atoms with Gasteiger partial charge in [-0.2, -0.15) is 4.98 Å². The van der Waals surface area contributed by atoms with Crippen LogP contribution in [0.15, 0.2) is 27.2 Å². The Morgan fingerprint density at radius 1 is 1.30 bits per heavy atom. The molecule has 1 saturated heterocycles. The molecular weight excluding hydrogens is 325 g/mol. The second kappa shape index (κ2) is 6.01. The van der Waals surface area contributed by atoms with Crippen LogP contribution in [-0.4, -0.2) is 16.7 Å². The molecule has 0 saturated carbocycles. The summed E-state index contributed by atoms with van der Waals surface area (Å²) in [7, 11) is 0.